The molecule has 1 atom stereocenters. The number of allylic oxidation sites excluding steroid dienone is 1. The maximum atomic E-state index is 11.8. The molecule has 3 heteroatoms. The fourth-order valence-electron chi connectivity index (χ4n) is 1.47. The van der Waals surface area contributed by atoms with Crippen LogP contribution >= 0.6 is 11.8 Å². The first-order valence-corrected chi connectivity index (χ1v) is 5.97. The summed E-state index contributed by atoms with van der Waals surface area (Å²) in [6.45, 7) is 0. The number of anilines is 1. The van der Waals surface area contributed by atoms with Crippen molar-refractivity contribution in [1.82, 2.24) is 0 Å². The third kappa shape index (κ3) is 2.86. The molecule has 1 aromatic carbocycles. The Morgan fingerprint density at radius 3 is 2.80 bits per heavy atom. The Morgan fingerprint density at radius 1 is 1.33 bits per heavy atom. The van der Waals surface area contributed by atoms with Gasteiger partial charge in [-0.2, -0.15) is 0 Å². The topological polar surface area (TPSA) is 29.1 Å². The molecule has 2 nitrogen and oxygen atoms in total. The van der Waals surface area contributed by atoms with Crippen molar-refractivity contribution in [2.75, 3.05) is 5.32 Å². The molecule has 0 radical (unpaired) electrons. The van der Waals surface area contributed by atoms with Gasteiger partial charge in [-0.25, -0.2) is 0 Å². The van der Waals surface area contributed by atoms with Crippen LogP contribution in [0.25, 0.3) is 0 Å². The van der Waals surface area contributed by atoms with Crippen molar-refractivity contribution >= 4 is 23.4 Å². The molecule has 78 valence electrons. The van der Waals surface area contributed by atoms with Gasteiger partial charge < -0.3 is 5.32 Å². The summed E-state index contributed by atoms with van der Waals surface area (Å²) >= 11 is 1.60. The summed E-state index contributed by atoms with van der Waals surface area (Å²) in [6.07, 6.45) is 4.04. The molecule has 1 aliphatic rings. The van der Waals surface area contributed by atoms with Gasteiger partial charge >= 0.3 is 0 Å². The Balaban J connectivity index is 1.95. The second-order valence-corrected chi connectivity index (χ2v) is 4.54. The molecule has 0 aromatic heterocycles. The summed E-state index contributed by atoms with van der Waals surface area (Å²) in [5, 5.41) is 5.00. The highest BCUT2D eigenvalue weighted by molar-refractivity contribution is 8.03. The second kappa shape index (κ2) is 5.03. The molecule has 0 fully saturated rings. The van der Waals surface area contributed by atoms with Crippen molar-refractivity contribution in [3.8, 4) is 0 Å². The lowest BCUT2D eigenvalue weighted by molar-refractivity contribution is -0.115. The fourth-order valence-corrected chi connectivity index (χ4v) is 2.36. The number of carbonyl (C=O) groups excluding carboxylic acids is 1. The van der Waals surface area contributed by atoms with Crippen molar-refractivity contribution < 1.29 is 4.79 Å². The van der Waals surface area contributed by atoms with Gasteiger partial charge in [-0.05, 0) is 30.4 Å². The van der Waals surface area contributed by atoms with E-state index in [0.717, 1.165) is 18.5 Å². The zero-order valence-electron chi connectivity index (χ0n) is 8.35. The third-order valence-electron chi connectivity index (χ3n) is 2.27. The van der Waals surface area contributed by atoms with Crippen LogP contribution in [0.15, 0.2) is 41.8 Å². The highest BCUT2D eigenvalue weighted by Gasteiger charge is 2.19. The number of para-hydroxylation sites is 1. The summed E-state index contributed by atoms with van der Waals surface area (Å²) < 4.78 is 0. The van der Waals surface area contributed by atoms with Crippen molar-refractivity contribution in [3.05, 3.63) is 41.8 Å². The number of benzene rings is 1. The molecule has 1 N–H and O–H groups in total. The van der Waals surface area contributed by atoms with Gasteiger partial charge in [0.25, 0.3) is 0 Å². The molecule has 1 unspecified atom stereocenters. The smallest absolute Gasteiger partial charge is 0.237 e. The van der Waals surface area contributed by atoms with Crippen molar-refractivity contribution in [3.63, 3.8) is 0 Å². The van der Waals surface area contributed by atoms with Crippen molar-refractivity contribution in [2.45, 2.75) is 18.1 Å². The van der Waals surface area contributed by atoms with Gasteiger partial charge in [0.15, 0.2) is 0 Å². The molecule has 2 rings (SSSR count). The summed E-state index contributed by atoms with van der Waals surface area (Å²) in [7, 11) is 0. The van der Waals surface area contributed by atoms with E-state index in [9.17, 15) is 4.79 Å². The van der Waals surface area contributed by atoms with Crippen LogP contribution in [0.4, 0.5) is 5.69 Å². The SMILES string of the molecule is O=C(Nc1ccccc1)C1CCC=CS1. The lowest BCUT2D eigenvalue weighted by Crippen LogP contribution is -2.25. The Morgan fingerprint density at radius 2 is 2.13 bits per heavy atom. The summed E-state index contributed by atoms with van der Waals surface area (Å²) in [5.74, 6) is 0.107. The minimum Gasteiger partial charge on any atom is -0.325 e. The van der Waals surface area contributed by atoms with Gasteiger partial charge in [-0.15, -0.1) is 11.8 Å². The predicted octanol–water partition coefficient (Wildman–Crippen LogP) is 3.03. The fraction of sp³-hybridized carbons (Fsp3) is 0.250. The van der Waals surface area contributed by atoms with E-state index in [1.54, 1.807) is 11.8 Å². The van der Waals surface area contributed by atoms with E-state index in [1.807, 2.05) is 35.7 Å². The number of rotatable bonds is 2. The van der Waals surface area contributed by atoms with Crippen LogP contribution in [0.2, 0.25) is 0 Å². The van der Waals surface area contributed by atoms with E-state index < -0.39 is 0 Å². The Bertz CT molecular complexity index is 361. The lowest BCUT2D eigenvalue weighted by Gasteiger charge is -2.16. The monoisotopic (exact) mass is 219 g/mol. The number of thioether (sulfide) groups is 1. The number of carbonyl (C=O) groups is 1. The zero-order chi connectivity index (χ0) is 10.5. The van der Waals surface area contributed by atoms with Crippen LogP contribution in [0.1, 0.15) is 12.8 Å². The first-order chi connectivity index (χ1) is 7.36. The Labute approximate surface area is 93.8 Å². The Hall–Kier alpha value is -1.22. The van der Waals surface area contributed by atoms with Gasteiger partial charge in [-0.1, -0.05) is 24.3 Å². The minimum absolute atomic E-state index is 0.0650. The third-order valence-corrected chi connectivity index (χ3v) is 3.40. The number of hydrogen-bond donors (Lipinski definition) is 1. The van der Waals surface area contributed by atoms with Gasteiger partial charge in [-0.3, -0.25) is 4.79 Å². The molecule has 0 spiro atoms. The van der Waals surface area contributed by atoms with E-state index in [4.69, 9.17) is 0 Å². The van der Waals surface area contributed by atoms with E-state index in [2.05, 4.69) is 11.4 Å². The van der Waals surface area contributed by atoms with Gasteiger partial charge in [0, 0.05) is 5.69 Å². The van der Waals surface area contributed by atoms with Gasteiger partial charge in [0.05, 0.1) is 5.25 Å². The summed E-state index contributed by atoms with van der Waals surface area (Å²) in [5.41, 5.74) is 0.873. The highest BCUT2D eigenvalue weighted by Crippen LogP contribution is 2.24. The summed E-state index contributed by atoms with van der Waals surface area (Å²) in [6, 6.07) is 9.59. The molecular weight excluding hydrogens is 206 g/mol. The van der Waals surface area contributed by atoms with Crippen LogP contribution < -0.4 is 5.32 Å². The number of nitrogens with one attached hydrogen (secondary N) is 1. The normalized spacial score (nSPS) is 19.9. The van der Waals surface area contributed by atoms with Crippen LogP contribution in [-0.2, 0) is 4.79 Å². The van der Waals surface area contributed by atoms with Crippen LogP contribution in [0.3, 0.4) is 0 Å². The van der Waals surface area contributed by atoms with Gasteiger partial charge in [0.2, 0.25) is 5.91 Å². The van der Waals surface area contributed by atoms with Crippen molar-refractivity contribution in [2.24, 2.45) is 0 Å². The quantitative estimate of drug-likeness (QED) is 0.828. The molecule has 0 bridgehead atoms. The zero-order valence-corrected chi connectivity index (χ0v) is 9.17. The molecule has 1 aromatic rings. The van der Waals surface area contributed by atoms with Crippen LogP contribution in [-0.4, -0.2) is 11.2 Å². The second-order valence-electron chi connectivity index (χ2n) is 3.43. The molecule has 1 amide bonds. The van der Waals surface area contributed by atoms with E-state index >= 15 is 0 Å². The molecule has 15 heavy (non-hydrogen) atoms. The minimum atomic E-state index is 0.0650. The summed E-state index contributed by atoms with van der Waals surface area (Å²) in [4.78, 5) is 11.8. The molecule has 0 saturated carbocycles. The standard InChI is InChI=1S/C12H13NOS/c14-12(11-8-4-5-9-15-11)13-10-6-2-1-3-7-10/h1-3,5-7,9,11H,4,8H2,(H,13,14). The first kappa shape index (κ1) is 10.3. The van der Waals surface area contributed by atoms with Gasteiger partial charge in [0.1, 0.15) is 0 Å². The molecular formula is C12H13NOS. The maximum Gasteiger partial charge on any atom is 0.237 e. The first-order valence-electron chi connectivity index (χ1n) is 5.02. The number of hydrogen-bond acceptors (Lipinski definition) is 2. The molecule has 1 aliphatic heterocycles. The van der Waals surface area contributed by atoms with E-state index in [0.29, 0.717) is 0 Å². The highest BCUT2D eigenvalue weighted by atomic mass is 32.2. The predicted molar refractivity (Wildman–Crippen MR) is 64.8 cm³/mol. The van der Waals surface area contributed by atoms with Crippen LogP contribution in [0, 0.1) is 0 Å². The van der Waals surface area contributed by atoms with Crippen LogP contribution in [0.5, 0.6) is 0 Å². The lowest BCUT2D eigenvalue weighted by atomic mass is 10.2. The van der Waals surface area contributed by atoms with E-state index in [1.165, 1.54) is 0 Å². The average Bonchev–Trinajstić information content (AvgIpc) is 2.31. The molecule has 0 saturated heterocycles. The number of amides is 1. The Kier molecular flexibility index (Phi) is 3.45. The average molecular weight is 219 g/mol. The molecule has 1 heterocycles. The van der Waals surface area contributed by atoms with E-state index in [-0.39, 0.29) is 11.2 Å². The largest absolute Gasteiger partial charge is 0.325 e. The molecule has 0 aliphatic carbocycles. The van der Waals surface area contributed by atoms with Crippen molar-refractivity contribution in [1.29, 1.82) is 0 Å². The maximum absolute atomic E-state index is 11.8.